The van der Waals surface area contributed by atoms with E-state index in [9.17, 15) is 14.0 Å². The van der Waals surface area contributed by atoms with Crippen LogP contribution in [-0.4, -0.2) is 64.5 Å². The fourth-order valence-electron chi connectivity index (χ4n) is 5.16. The Morgan fingerprint density at radius 2 is 1.44 bits per heavy atom. The van der Waals surface area contributed by atoms with E-state index in [2.05, 4.69) is 39.4 Å². The Hall–Kier alpha value is -5.31. The van der Waals surface area contributed by atoms with Crippen LogP contribution in [-0.2, 0) is 11.3 Å². The van der Waals surface area contributed by atoms with Crippen LogP contribution in [0.25, 0.3) is 22.4 Å². The molecule has 0 bridgehead atoms. The number of hydrogen-bond donors (Lipinski definition) is 0. The molecule has 3 aromatic carbocycles. The fraction of sp³-hybridized carbons (Fsp3) is 0.176. The van der Waals surface area contributed by atoms with E-state index in [0.717, 1.165) is 28.2 Å². The van der Waals surface area contributed by atoms with Crippen molar-refractivity contribution in [3.8, 4) is 22.4 Å². The largest absolute Gasteiger partial charge is 0.467 e. The lowest BCUT2D eigenvalue weighted by Gasteiger charge is -2.36. The second kappa shape index (κ2) is 12.7. The van der Waals surface area contributed by atoms with Crippen molar-refractivity contribution in [1.29, 1.82) is 0 Å². The van der Waals surface area contributed by atoms with Gasteiger partial charge in [-0.05, 0) is 47.5 Å². The summed E-state index contributed by atoms with van der Waals surface area (Å²) in [5.41, 5.74) is 3.99. The van der Waals surface area contributed by atoms with Gasteiger partial charge in [-0.1, -0.05) is 66.7 Å². The Labute approximate surface area is 249 Å². The van der Waals surface area contributed by atoms with Crippen LogP contribution in [0.3, 0.4) is 0 Å². The van der Waals surface area contributed by atoms with Crippen LogP contribution < -0.4 is 4.90 Å². The summed E-state index contributed by atoms with van der Waals surface area (Å²) in [7, 11) is 0. The number of carbonyl (C=O) groups is 2. The Morgan fingerprint density at radius 3 is 2.12 bits per heavy atom. The van der Waals surface area contributed by atoms with Crippen molar-refractivity contribution in [3.63, 3.8) is 0 Å². The molecule has 8 nitrogen and oxygen atoms in total. The molecule has 0 aliphatic carbocycles. The Morgan fingerprint density at radius 1 is 0.744 bits per heavy atom. The highest BCUT2D eigenvalue weighted by Gasteiger charge is 2.27. The van der Waals surface area contributed by atoms with Crippen LogP contribution in [0, 0.1) is 5.82 Å². The summed E-state index contributed by atoms with van der Waals surface area (Å²) >= 11 is 0. The van der Waals surface area contributed by atoms with Gasteiger partial charge >= 0.3 is 0 Å². The van der Waals surface area contributed by atoms with Crippen molar-refractivity contribution < 1.29 is 18.4 Å². The van der Waals surface area contributed by atoms with Crippen LogP contribution in [0.1, 0.15) is 16.1 Å². The zero-order valence-electron chi connectivity index (χ0n) is 23.5. The third-order valence-electron chi connectivity index (χ3n) is 7.54. The number of piperazine rings is 1. The molecule has 2 amide bonds. The third-order valence-corrected chi connectivity index (χ3v) is 7.54. The molecule has 9 heteroatoms. The standard InChI is InChI=1S/C34H30FN5O3/c35-30-11-5-4-10-29(30)34(42)40(23-28-9-6-22-43-28)24-33(41)39-20-18-38(19-21-39)32-17-16-31(36-37-32)27-14-12-26(13-15-27)25-7-2-1-3-8-25/h1-17,22H,18-21,23-24H2. The lowest BCUT2D eigenvalue weighted by atomic mass is 10.0. The van der Waals surface area contributed by atoms with Crippen LogP contribution >= 0.6 is 0 Å². The molecule has 1 fully saturated rings. The molecule has 216 valence electrons. The Bertz CT molecular complexity index is 1670. The average Bonchev–Trinajstić information content (AvgIpc) is 3.58. The van der Waals surface area contributed by atoms with Gasteiger partial charge < -0.3 is 19.1 Å². The quantitative estimate of drug-likeness (QED) is 0.242. The van der Waals surface area contributed by atoms with Crippen LogP contribution in [0.2, 0.25) is 0 Å². The van der Waals surface area contributed by atoms with Gasteiger partial charge in [0.1, 0.15) is 18.1 Å². The van der Waals surface area contributed by atoms with E-state index in [1.54, 1.807) is 23.1 Å². The molecule has 0 atom stereocenters. The molecule has 3 heterocycles. The fourth-order valence-corrected chi connectivity index (χ4v) is 5.16. The smallest absolute Gasteiger partial charge is 0.257 e. The first-order valence-corrected chi connectivity index (χ1v) is 14.1. The number of carbonyl (C=O) groups excluding carboxylic acids is 2. The predicted molar refractivity (Wildman–Crippen MR) is 162 cm³/mol. The molecule has 5 aromatic rings. The molecule has 6 rings (SSSR count). The molecule has 1 aliphatic heterocycles. The summed E-state index contributed by atoms with van der Waals surface area (Å²) in [5.74, 6) is -0.153. The first-order valence-electron chi connectivity index (χ1n) is 14.1. The van der Waals surface area contributed by atoms with E-state index in [-0.39, 0.29) is 24.6 Å². The summed E-state index contributed by atoms with van der Waals surface area (Å²) in [6, 6.07) is 31.6. The Kier molecular flexibility index (Phi) is 8.21. The van der Waals surface area contributed by atoms with Gasteiger partial charge in [-0.15, -0.1) is 10.2 Å². The van der Waals surface area contributed by atoms with Crippen molar-refractivity contribution in [2.75, 3.05) is 37.6 Å². The predicted octanol–water partition coefficient (Wildman–Crippen LogP) is 5.53. The molecule has 0 N–H and O–H groups in total. The lowest BCUT2D eigenvalue weighted by molar-refractivity contribution is -0.132. The summed E-state index contributed by atoms with van der Waals surface area (Å²) in [6.45, 7) is 1.95. The highest BCUT2D eigenvalue weighted by atomic mass is 19.1. The number of amides is 2. The summed E-state index contributed by atoms with van der Waals surface area (Å²) in [5, 5.41) is 8.91. The molecule has 43 heavy (non-hydrogen) atoms. The van der Waals surface area contributed by atoms with E-state index in [0.29, 0.717) is 31.9 Å². The second-order valence-corrected chi connectivity index (χ2v) is 10.3. The van der Waals surface area contributed by atoms with Gasteiger partial charge in [0.25, 0.3) is 5.91 Å². The second-order valence-electron chi connectivity index (χ2n) is 10.3. The Balaban J connectivity index is 1.07. The number of hydrogen-bond acceptors (Lipinski definition) is 6. The maximum absolute atomic E-state index is 14.4. The first-order chi connectivity index (χ1) is 21.0. The molecule has 0 spiro atoms. The van der Waals surface area contributed by atoms with Gasteiger partial charge in [0.2, 0.25) is 5.91 Å². The summed E-state index contributed by atoms with van der Waals surface area (Å²) < 4.78 is 19.8. The van der Waals surface area contributed by atoms with Gasteiger partial charge in [-0.2, -0.15) is 0 Å². The molecule has 2 aromatic heterocycles. The number of halogens is 1. The van der Waals surface area contributed by atoms with Gasteiger partial charge in [0, 0.05) is 31.7 Å². The minimum absolute atomic E-state index is 0.0583. The molecule has 1 aliphatic rings. The van der Waals surface area contributed by atoms with E-state index >= 15 is 0 Å². The highest BCUT2D eigenvalue weighted by molar-refractivity contribution is 5.96. The minimum Gasteiger partial charge on any atom is -0.467 e. The summed E-state index contributed by atoms with van der Waals surface area (Å²) in [4.78, 5) is 31.6. The maximum atomic E-state index is 14.4. The minimum atomic E-state index is -0.630. The number of rotatable bonds is 8. The molecular weight excluding hydrogens is 545 g/mol. The first kappa shape index (κ1) is 27.8. The lowest BCUT2D eigenvalue weighted by Crippen LogP contribution is -2.52. The average molecular weight is 576 g/mol. The topological polar surface area (TPSA) is 82.8 Å². The zero-order valence-corrected chi connectivity index (χ0v) is 23.5. The third kappa shape index (κ3) is 6.46. The molecule has 1 saturated heterocycles. The SMILES string of the molecule is O=C(CN(Cc1ccco1)C(=O)c1ccccc1F)N1CCN(c2ccc(-c3ccc(-c4ccccc4)cc3)nn2)CC1. The van der Waals surface area contributed by atoms with Crippen molar-refractivity contribution in [1.82, 2.24) is 20.0 Å². The van der Waals surface area contributed by atoms with E-state index in [1.165, 1.54) is 29.4 Å². The highest BCUT2D eigenvalue weighted by Crippen LogP contribution is 2.24. The van der Waals surface area contributed by atoms with E-state index < -0.39 is 11.7 Å². The summed E-state index contributed by atoms with van der Waals surface area (Å²) in [6.07, 6.45) is 1.50. The maximum Gasteiger partial charge on any atom is 0.257 e. The van der Waals surface area contributed by atoms with Crippen molar-refractivity contribution in [2.24, 2.45) is 0 Å². The molecule has 0 unspecified atom stereocenters. The normalized spacial score (nSPS) is 13.1. The van der Waals surface area contributed by atoms with Crippen molar-refractivity contribution in [2.45, 2.75) is 6.54 Å². The van der Waals surface area contributed by atoms with Crippen LogP contribution in [0.4, 0.5) is 10.2 Å². The molecule has 0 saturated carbocycles. The van der Waals surface area contributed by atoms with Crippen molar-refractivity contribution in [3.05, 3.63) is 127 Å². The van der Waals surface area contributed by atoms with Gasteiger partial charge in [0.15, 0.2) is 5.82 Å². The monoisotopic (exact) mass is 575 g/mol. The molecule has 0 radical (unpaired) electrons. The number of anilines is 1. The van der Waals surface area contributed by atoms with Crippen molar-refractivity contribution >= 4 is 17.6 Å². The van der Waals surface area contributed by atoms with Gasteiger partial charge in [0.05, 0.1) is 24.1 Å². The zero-order chi connectivity index (χ0) is 29.6. The van der Waals surface area contributed by atoms with Crippen LogP contribution in [0.15, 0.2) is 114 Å². The van der Waals surface area contributed by atoms with E-state index in [4.69, 9.17) is 4.42 Å². The van der Waals surface area contributed by atoms with E-state index in [1.807, 2.05) is 42.5 Å². The number of aromatic nitrogens is 2. The number of furan rings is 1. The number of benzene rings is 3. The number of nitrogens with zero attached hydrogens (tertiary/aromatic N) is 5. The van der Waals surface area contributed by atoms with Gasteiger partial charge in [-0.25, -0.2) is 4.39 Å². The van der Waals surface area contributed by atoms with Gasteiger partial charge in [-0.3, -0.25) is 9.59 Å². The van der Waals surface area contributed by atoms with Crippen LogP contribution in [0.5, 0.6) is 0 Å². The molecular formula is C34H30FN5O3.